The van der Waals surface area contributed by atoms with Gasteiger partial charge < -0.3 is 9.80 Å². The number of urea groups is 1. The second kappa shape index (κ2) is 12.2. The molecule has 1 aliphatic heterocycles. The van der Waals surface area contributed by atoms with Gasteiger partial charge in [0, 0.05) is 32.4 Å². The molecule has 41 heavy (non-hydrogen) atoms. The summed E-state index contributed by atoms with van der Waals surface area (Å²) in [6, 6.07) is 10.6. The van der Waals surface area contributed by atoms with Gasteiger partial charge in [-0.15, -0.1) is 0 Å². The number of sulfone groups is 1. The van der Waals surface area contributed by atoms with Crippen LogP contribution >= 0.6 is 22.9 Å². The summed E-state index contributed by atoms with van der Waals surface area (Å²) in [4.78, 5) is 34.5. The lowest BCUT2D eigenvalue weighted by Gasteiger charge is -2.32. The normalized spacial score (nSPS) is 14.8. The number of imide groups is 1. The Morgan fingerprint density at radius 2 is 1.85 bits per heavy atom. The zero-order valence-electron chi connectivity index (χ0n) is 22.6. The number of rotatable bonds is 8. The summed E-state index contributed by atoms with van der Waals surface area (Å²) in [6.45, 7) is 6.47. The lowest BCUT2D eigenvalue weighted by atomic mass is 10.2. The molecule has 0 aliphatic carbocycles. The van der Waals surface area contributed by atoms with Gasteiger partial charge >= 0.3 is 6.03 Å². The largest absolute Gasteiger partial charge is 0.327 e. The lowest BCUT2D eigenvalue weighted by molar-refractivity contribution is 0.0967. The summed E-state index contributed by atoms with van der Waals surface area (Å²) in [5, 5.41) is 9.54. The minimum absolute atomic E-state index is 0.0586. The molecule has 2 N–H and O–H groups in total. The van der Waals surface area contributed by atoms with E-state index in [1.165, 1.54) is 6.07 Å². The molecule has 0 bridgehead atoms. The van der Waals surface area contributed by atoms with Crippen molar-refractivity contribution in [2.75, 3.05) is 50.8 Å². The second-order valence-corrected chi connectivity index (χ2v) is 13.5. The monoisotopic (exact) mass is 615 g/mol. The highest BCUT2D eigenvalue weighted by molar-refractivity contribution is 7.91. The molecule has 5 rings (SSSR count). The van der Waals surface area contributed by atoms with Gasteiger partial charge in [-0.05, 0) is 69.4 Å². The average Bonchev–Trinajstić information content (AvgIpc) is 3.54. The van der Waals surface area contributed by atoms with Crippen LogP contribution in [0.5, 0.6) is 0 Å². The lowest BCUT2D eigenvalue weighted by Crippen LogP contribution is -2.44. The standard InChI is InChI=1S/C27H30ClN7O4S2/c1-18-8-10-35(32-18)19-4-6-22(28)21(16-19)25(36)30-26(37)31-27-29-23-7-5-20(17-24(23)40-27)41(38,39)15-3-9-34-13-11-33(2)12-14-34/h4-8,10,16-17H,3,9,11-15H2,1-2H3,(H2,29,30,31,36,37). The van der Waals surface area contributed by atoms with E-state index in [1.54, 1.807) is 41.2 Å². The number of benzene rings is 2. The summed E-state index contributed by atoms with van der Waals surface area (Å²) in [5.74, 6) is -0.632. The predicted octanol–water partition coefficient (Wildman–Crippen LogP) is 3.82. The van der Waals surface area contributed by atoms with Crippen LogP contribution in [0.25, 0.3) is 15.9 Å². The van der Waals surface area contributed by atoms with Crippen LogP contribution in [-0.2, 0) is 9.84 Å². The van der Waals surface area contributed by atoms with Crippen molar-refractivity contribution < 1.29 is 18.0 Å². The molecule has 0 radical (unpaired) electrons. The van der Waals surface area contributed by atoms with Gasteiger partial charge in [0.1, 0.15) is 0 Å². The van der Waals surface area contributed by atoms with Gasteiger partial charge in [0.2, 0.25) is 0 Å². The number of carbonyl (C=O) groups is 2. The molecule has 14 heteroatoms. The highest BCUT2D eigenvalue weighted by Crippen LogP contribution is 2.29. The number of aromatic nitrogens is 3. The molecule has 11 nitrogen and oxygen atoms in total. The smallest absolute Gasteiger partial charge is 0.304 e. The molecule has 3 heterocycles. The maximum atomic E-state index is 13.0. The number of anilines is 1. The summed E-state index contributed by atoms with van der Waals surface area (Å²) >= 11 is 7.34. The van der Waals surface area contributed by atoms with Crippen LogP contribution in [0.1, 0.15) is 22.5 Å². The molecule has 1 saturated heterocycles. The van der Waals surface area contributed by atoms with E-state index in [2.05, 4.69) is 37.6 Å². The van der Waals surface area contributed by atoms with Crippen LogP contribution in [0, 0.1) is 6.92 Å². The minimum atomic E-state index is -3.47. The molecular formula is C27H30ClN7O4S2. The SMILES string of the molecule is Cc1ccn(-c2ccc(Cl)c(C(=O)NC(=O)Nc3nc4ccc(S(=O)(=O)CCCN5CCN(C)CC5)cc4s3)c2)n1. The first-order valence-electron chi connectivity index (χ1n) is 13.1. The van der Waals surface area contributed by atoms with Crippen molar-refractivity contribution in [2.24, 2.45) is 0 Å². The highest BCUT2D eigenvalue weighted by Gasteiger charge is 2.20. The zero-order chi connectivity index (χ0) is 29.1. The fraction of sp³-hybridized carbons (Fsp3) is 0.333. The fourth-order valence-electron chi connectivity index (χ4n) is 4.51. The first kappa shape index (κ1) is 29.1. The first-order valence-corrected chi connectivity index (χ1v) is 15.9. The van der Waals surface area contributed by atoms with Crippen LogP contribution in [-0.4, -0.2) is 90.4 Å². The van der Waals surface area contributed by atoms with Gasteiger partial charge in [-0.25, -0.2) is 22.9 Å². The van der Waals surface area contributed by atoms with Gasteiger partial charge in [0.05, 0.1) is 42.8 Å². The summed E-state index contributed by atoms with van der Waals surface area (Å²) in [7, 11) is -1.38. The number of hydrogen-bond acceptors (Lipinski definition) is 9. The molecule has 2 aromatic heterocycles. The van der Waals surface area contributed by atoms with Crippen LogP contribution in [0.2, 0.25) is 5.02 Å². The Bertz CT molecular complexity index is 1690. The Balaban J connectivity index is 1.20. The third kappa shape index (κ3) is 7.11. The summed E-state index contributed by atoms with van der Waals surface area (Å²) in [6.07, 6.45) is 2.31. The minimum Gasteiger partial charge on any atom is -0.304 e. The molecule has 2 aromatic carbocycles. The Morgan fingerprint density at radius 1 is 1.07 bits per heavy atom. The molecule has 216 valence electrons. The quantitative estimate of drug-likeness (QED) is 0.306. The van der Waals surface area contributed by atoms with Gasteiger partial charge in [-0.1, -0.05) is 22.9 Å². The van der Waals surface area contributed by atoms with Crippen LogP contribution in [0.3, 0.4) is 0 Å². The first-order chi connectivity index (χ1) is 19.6. The molecular weight excluding hydrogens is 586 g/mol. The fourth-order valence-corrected chi connectivity index (χ4v) is 7.00. The average molecular weight is 616 g/mol. The number of likely N-dealkylation sites (N-methyl/N-ethyl adjacent to an activating group) is 1. The second-order valence-electron chi connectivity index (χ2n) is 9.94. The van der Waals surface area contributed by atoms with E-state index in [0.717, 1.165) is 49.8 Å². The molecule has 0 saturated carbocycles. The number of amides is 3. The maximum Gasteiger partial charge on any atom is 0.327 e. The van der Waals surface area contributed by atoms with Gasteiger partial charge in [0.15, 0.2) is 15.0 Å². The van der Waals surface area contributed by atoms with Crippen LogP contribution in [0.4, 0.5) is 9.93 Å². The van der Waals surface area contributed by atoms with E-state index in [1.807, 2.05) is 13.0 Å². The third-order valence-corrected chi connectivity index (χ3v) is 9.89. The predicted molar refractivity (Wildman–Crippen MR) is 160 cm³/mol. The molecule has 1 fully saturated rings. The number of carbonyl (C=O) groups excluding carboxylic acids is 2. The van der Waals surface area contributed by atoms with E-state index >= 15 is 0 Å². The topological polar surface area (TPSA) is 130 Å². The van der Waals surface area contributed by atoms with Crippen molar-refractivity contribution in [1.29, 1.82) is 0 Å². The summed E-state index contributed by atoms with van der Waals surface area (Å²) < 4.78 is 28.2. The molecule has 3 amide bonds. The number of nitrogens with zero attached hydrogens (tertiary/aromatic N) is 5. The Hall–Kier alpha value is -3.36. The molecule has 0 atom stereocenters. The molecule has 4 aromatic rings. The summed E-state index contributed by atoms with van der Waals surface area (Å²) in [5.41, 5.74) is 2.08. The van der Waals surface area contributed by atoms with Crippen molar-refractivity contribution in [1.82, 2.24) is 29.9 Å². The number of aryl methyl sites for hydroxylation is 1. The van der Waals surface area contributed by atoms with Crippen molar-refractivity contribution in [3.05, 3.63) is 64.9 Å². The number of thiazole rings is 1. The van der Waals surface area contributed by atoms with Crippen molar-refractivity contribution in [2.45, 2.75) is 18.2 Å². The Kier molecular flexibility index (Phi) is 8.71. The third-order valence-electron chi connectivity index (χ3n) is 6.83. The molecule has 1 aliphatic rings. The Labute approximate surface area is 247 Å². The van der Waals surface area contributed by atoms with E-state index in [4.69, 9.17) is 11.6 Å². The van der Waals surface area contributed by atoms with Crippen LogP contribution in [0.15, 0.2) is 53.6 Å². The van der Waals surface area contributed by atoms with E-state index in [0.29, 0.717) is 22.3 Å². The number of halogens is 1. The molecule has 0 unspecified atom stereocenters. The number of nitrogens with one attached hydrogen (secondary N) is 2. The van der Waals surface area contributed by atoms with E-state index in [-0.39, 0.29) is 26.4 Å². The van der Waals surface area contributed by atoms with Crippen molar-refractivity contribution >= 4 is 60.1 Å². The van der Waals surface area contributed by atoms with Gasteiger partial charge in [0.25, 0.3) is 5.91 Å². The van der Waals surface area contributed by atoms with Crippen molar-refractivity contribution in [3.63, 3.8) is 0 Å². The Morgan fingerprint density at radius 3 is 2.59 bits per heavy atom. The van der Waals surface area contributed by atoms with Crippen LogP contribution < -0.4 is 10.6 Å². The van der Waals surface area contributed by atoms with E-state index < -0.39 is 21.8 Å². The van der Waals surface area contributed by atoms with E-state index in [9.17, 15) is 18.0 Å². The van der Waals surface area contributed by atoms with Gasteiger partial charge in [-0.2, -0.15) is 5.10 Å². The number of fused-ring (bicyclic) bond motifs is 1. The van der Waals surface area contributed by atoms with Gasteiger partial charge in [-0.3, -0.25) is 15.4 Å². The van der Waals surface area contributed by atoms with Crippen molar-refractivity contribution in [3.8, 4) is 5.69 Å². The number of hydrogen-bond donors (Lipinski definition) is 2. The maximum absolute atomic E-state index is 13.0. The highest BCUT2D eigenvalue weighted by atomic mass is 35.5. The molecule has 0 spiro atoms. The number of piperazine rings is 1. The zero-order valence-corrected chi connectivity index (χ0v) is 25.0.